The smallest absolute Gasteiger partial charge is 0.318 e. The predicted octanol–water partition coefficient (Wildman–Crippen LogP) is 2.28. The van der Waals surface area contributed by atoms with Crippen molar-refractivity contribution in [2.75, 3.05) is 0 Å². The lowest BCUT2D eigenvalue weighted by molar-refractivity contribution is -0.140. The Kier molecular flexibility index (Phi) is 3.40. The van der Waals surface area contributed by atoms with Gasteiger partial charge in [0, 0.05) is 6.92 Å². The second-order valence-corrected chi connectivity index (χ2v) is 3.13. The molecule has 0 aliphatic rings. The third kappa shape index (κ3) is 3.01. The maximum absolute atomic E-state index is 10.5. The topological polar surface area (TPSA) is 38.7 Å². The Labute approximate surface area is 83.4 Å². The molecule has 0 atom stereocenters. The second-order valence-electron chi connectivity index (χ2n) is 3.13. The van der Waals surface area contributed by atoms with Gasteiger partial charge in [-0.1, -0.05) is 35.0 Å². The monoisotopic (exact) mass is 191 g/mol. The van der Waals surface area contributed by atoms with Crippen molar-refractivity contribution < 1.29 is 9.63 Å². The number of hydrogen-bond donors (Lipinski definition) is 0. The average Bonchev–Trinajstić information content (AvgIpc) is 2.14. The van der Waals surface area contributed by atoms with Gasteiger partial charge in [-0.2, -0.15) is 0 Å². The van der Waals surface area contributed by atoms with E-state index in [4.69, 9.17) is 0 Å². The maximum Gasteiger partial charge on any atom is 0.331 e. The van der Waals surface area contributed by atoms with E-state index in [0.29, 0.717) is 5.71 Å². The van der Waals surface area contributed by atoms with Crippen LogP contribution in [0, 0.1) is 6.92 Å². The van der Waals surface area contributed by atoms with Gasteiger partial charge in [-0.3, -0.25) is 0 Å². The fourth-order valence-electron chi connectivity index (χ4n) is 1.06. The standard InChI is InChI=1S/C11H13NO2/c1-8-5-4-6-11(7-8)9(2)12-14-10(3)13/h4-7H,1-3H3/b12-9+. The molecule has 0 saturated carbocycles. The third-order valence-corrected chi connectivity index (χ3v) is 1.75. The largest absolute Gasteiger partial charge is 0.331 e. The lowest BCUT2D eigenvalue weighted by Gasteiger charge is -2.00. The van der Waals surface area contributed by atoms with Crippen LogP contribution in [-0.2, 0) is 9.63 Å². The Morgan fingerprint density at radius 2 is 2.07 bits per heavy atom. The number of rotatable bonds is 2. The van der Waals surface area contributed by atoms with Crippen LogP contribution in [0.25, 0.3) is 0 Å². The highest BCUT2D eigenvalue weighted by atomic mass is 16.7. The van der Waals surface area contributed by atoms with Crippen molar-refractivity contribution in [3.8, 4) is 0 Å². The number of aryl methyl sites for hydroxylation is 1. The zero-order chi connectivity index (χ0) is 10.6. The van der Waals surface area contributed by atoms with Crippen LogP contribution in [0.3, 0.4) is 0 Å². The van der Waals surface area contributed by atoms with Gasteiger partial charge in [0.2, 0.25) is 0 Å². The number of benzene rings is 1. The molecule has 0 heterocycles. The van der Waals surface area contributed by atoms with Crippen molar-refractivity contribution in [3.05, 3.63) is 35.4 Å². The average molecular weight is 191 g/mol. The third-order valence-electron chi connectivity index (χ3n) is 1.75. The summed E-state index contributed by atoms with van der Waals surface area (Å²) in [6, 6.07) is 7.86. The zero-order valence-electron chi connectivity index (χ0n) is 8.57. The molecule has 0 aliphatic carbocycles. The molecule has 14 heavy (non-hydrogen) atoms. The van der Waals surface area contributed by atoms with Gasteiger partial charge < -0.3 is 4.84 Å². The fourth-order valence-corrected chi connectivity index (χ4v) is 1.06. The van der Waals surface area contributed by atoms with Crippen LogP contribution < -0.4 is 0 Å². The molecule has 0 N–H and O–H groups in total. The summed E-state index contributed by atoms with van der Waals surface area (Å²) in [7, 11) is 0. The van der Waals surface area contributed by atoms with Gasteiger partial charge in [-0.05, 0) is 19.4 Å². The number of oxime groups is 1. The van der Waals surface area contributed by atoms with E-state index in [0.717, 1.165) is 11.1 Å². The minimum Gasteiger partial charge on any atom is -0.318 e. The molecule has 1 rings (SSSR count). The van der Waals surface area contributed by atoms with Gasteiger partial charge >= 0.3 is 5.97 Å². The molecule has 0 bridgehead atoms. The van der Waals surface area contributed by atoms with Gasteiger partial charge in [0.15, 0.2) is 0 Å². The van der Waals surface area contributed by atoms with E-state index in [2.05, 4.69) is 9.99 Å². The first-order valence-corrected chi connectivity index (χ1v) is 4.39. The molecule has 74 valence electrons. The van der Waals surface area contributed by atoms with Crippen molar-refractivity contribution in [2.45, 2.75) is 20.8 Å². The van der Waals surface area contributed by atoms with E-state index < -0.39 is 5.97 Å². The van der Waals surface area contributed by atoms with Crippen LogP contribution in [0.4, 0.5) is 0 Å². The molecule has 0 fully saturated rings. The highest BCUT2D eigenvalue weighted by Crippen LogP contribution is 2.05. The molecule has 3 nitrogen and oxygen atoms in total. The summed E-state index contributed by atoms with van der Waals surface area (Å²) in [4.78, 5) is 15.1. The first kappa shape index (κ1) is 10.4. The summed E-state index contributed by atoms with van der Waals surface area (Å²) < 4.78 is 0. The SMILES string of the molecule is CC(=O)O/N=C(\C)c1cccc(C)c1. The van der Waals surface area contributed by atoms with Crippen LogP contribution in [0.2, 0.25) is 0 Å². The lowest BCUT2D eigenvalue weighted by atomic mass is 10.1. The van der Waals surface area contributed by atoms with Crippen molar-refractivity contribution in [1.82, 2.24) is 0 Å². The van der Waals surface area contributed by atoms with Crippen LogP contribution in [0.15, 0.2) is 29.4 Å². The van der Waals surface area contributed by atoms with Gasteiger partial charge in [0.05, 0.1) is 5.71 Å². The number of carbonyl (C=O) groups excluding carboxylic acids is 1. The second kappa shape index (κ2) is 4.56. The van der Waals surface area contributed by atoms with E-state index in [1.165, 1.54) is 6.92 Å². The zero-order valence-corrected chi connectivity index (χ0v) is 8.57. The summed E-state index contributed by atoms with van der Waals surface area (Å²) in [5.41, 5.74) is 2.81. The normalized spacial score (nSPS) is 11.2. The van der Waals surface area contributed by atoms with Crippen molar-refractivity contribution in [3.63, 3.8) is 0 Å². The van der Waals surface area contributed by atoms with E-state index in [1.54, 1.807) is 6.92 Å². The Morgan fingerprint density at radius 1 is 1.36 bits per heavy atom. The maximum atomic E-state index is 10.5. The molecule has 0 unspecified atom stereocenters. The van der Waals surface area contributed by atoms with Gasteiger partial charge in [0.25, 0.3) is 0 Å². The van der Waals surface area contributed by atoms with E-state index >= 15 is 0 Å². The van der Waals surface area contributed by atoms with Gasteiger partial charge in [-0.25, -0.2) is 4.79 Å². The molecular weight excluding hydrogens is 178 g/mol. The highest BCUT2D eigenvalue weighted by molar-refractivity contribution is 5.98. The van der Waals surface area contributed by atoms with Crippen molar-refractivity contribution in [1.29, 1.82) is 0 Å². The van der Waals surface area contributed by atoms with Crippen molar-refractivity contribution >= 4 is 11.7 Å². The minimum atomic E-state index is -0.406. The van der Waals surface area contributed by atoms with Gasteiger partial charge in [0.1, 0.15) is 0 Å². The Morgan fingerprint density at radius 3 is 2.64 bits per heavy atom. The first-order chi connectivity index (χ1) is 6.59. The van der Waals surface area contributed by atoms with E-state index in [1.807, 2.05) is 31.2 Å². The van der Waals surface area contributed by atoms with Gasteiger partial charge in [-0.15, -0.1) is 0 Å². The quantitative estimate of drug-likeness (QED) is 0.408. The number of carbonyl (C=O) groups is 1. The molecule has 1 aromatic carbocycles. The van der Waals surface area contributed by atoms with Crippen LogP contribution >= 0.6 is 0 Å². The number of hydrogen-bond acceptors (Lipinski definition) is 3. The summed E-state index contributed by atoms with van der Waals surface area (Å²) >= 11 is 0. The molecule has 0 radical (unpaired) electrons. The Hall–Kier alpha value is -1.64. The molecular formula is C11H13NO2. The first-order valence-electron chi connectivity index (χ1n) is 4.39. The Bertz CT molecular complexity index is 369. The molecule has 0 spiro atoms. The highest BCUT2D eigenvalue weighted by Gasteiger charge is 1.98. The van der Waals surface area contributed by atoms with Crippen molar-refractivity contribution in [2.24, 2.45) is 5.16 Å². The fraction of sp³-hybridized carbons (Fsp3) is 0.273. The van der Waals surface area contributed by atoms with Crippen LogP contribution in [0.1, 0.15) is 25.0 Å². The van der Waals surface area contributed by atoms with Crippen LogP contribution in [-0.4, -0.2) is 11.7 Å². The predicted molar refractivity (Wildman–Crippen MR) is 55.2 cm³/mol. The lowest BCUT2D eigenvalue weighted by Crippen LogP contribution is -1.99. The molecule has 0 amide bonds. The molecule has 1 aromatic rings. The summed E-state index contributed by atoms with van der Waals surface area (Å²) in [6.07, 6.45) is 0. The number of nitrogens with zero attached hydrogens (tertiary/aromatic N) is 1. The minimum absolute atomic E-state index is 0.406. The summed E-state index contributed by atoms with van der Waals surface area (Å²) in [5.74, 6) is -0.406. The van der Waals surface area contributed by atoms with Crippen LogP contribution in [0.5, 0.6) is 0 Å². The molecule has 3 heteroatoms. The summed E-state index contributed by atoms with van der Waals surface area (Å²) in [6.45, 7) is 5.13. The van der Waals surface area contributed by atoms with E-state index in [-0.39, 0.29) is 0 Å². The summed E-state index contributed by atoms with van der Waals surface area (Å²) in [5, 5.41) is 3.70. The molecule has 0 aliphatic heterocycles. The molecule has 0 saturated heterocycles. The Balaban J connectivity index is 2.83. The molecule has 0 aromatic heterocycles. The van der Waals surface area contributed by atoms with E-state index in [9.17, 15) is 4.79 Å².